The number of nitrogens with one attached hydrogen (secondary N) is 2. The standard InChI is InChI=1S/C16H20N6/c1-10-5-6-12-15(11(10)2)22-14(20-12)4-3-8-18-16-19-9-7-13(17)21-16/h5-7,9H,3-4,8H2,1-2H3,(H,20,22)(H3,17,18,19,21). The average molecular weight is 296 g/mol. The molecule has 0 spiro atoms. The Morgan fingerprint density at radius 3 is 2.86 bits per heavy atom. The van der Waals surface area contributed by atoms with Crippen molar-refractivity contribution in [3.05, 3.63) is 41.3 Å². The molecule has 0 unspecified atom stereocenters. The third kappa shape index (κ3) is 3.00. The van der Waals surface area contributed by atoms with Crippen LogP contribution in [0.5, 0.6) is 0 Å². The van der Waals surface area contributed by atoms with Gasteiger partial charge in [0, 0.05) is 19.2 Å². The van der Waals surface area contributed by atoms with Crippen LogP contribution in [-0.4, -0.2) is 26.5 Å². The maximum Gasteiger partial charge on any atom is 0.224 e. The highest BCUT2D eigenvalue weighted by atomic mass is 15.1. The molecule has 0 aliphatic heterocycles. The van der Waals surface area contributed by atoms with Crippen LogP contribution in [0.1, 0.15) is 23.4 Å². The summed E-state index contributed by atoms with van der Waals surface area (Å²) in [7, 11) is 0. The molecule has 2 aromatic heterocycles. The monoisotopic (exact) mass is 296 g/mol. The quantitative estimate of drug-likeness (QED) is 0.629. The van der Waals surface area contributed by atoms with Crippen LogP contribution in [-0.2, 0) is 6.42 Å². The van der Waals surface area contributed by atoms with E-state index in [0.29, 0.717) is 11.8 Å². The Morgan fingerprint density at radius 2 is 2.05 bits per heavy atom. The van der Waals surface area contributed by atoms with E-state index >= 15 is 0 Å². The Labute approximate surface area is 129 Å². The van der Waals surface area contributed by atoms with Crippen LogP contribution >= 0.6 is 0 Å². The van der Waals surface area contributed by atoms with Crippen molar-refractivity contribution in [3.63, 3.8) is 0 Å². The first-order valence-electron chi connectivity index (χ1n) is 7.40. The number of aromatic nitrogens is 4. The molecule has 22 heavy (non-hydrogen) atoms. The number of nitrogen functional groups attached to an aromatic ring is 1. The Morgan fingerprint density at radius 1 is 1.18 bits per heavy atom. The predicted octanol–water partition coefficient (Wildman–Crippen LogP) is 2.60. The second-order valence-electron chi connectivity index (χ2n) is 5.42. The van der Waals surface area contributed by atoms with Crippen LogP contribution in [0.2, 0.25) is 0 Å². The van der Waals surface area contributed by atoms with Gasteiger partial charge in [0.2, 0.25) is 5.95 Å². The van der Waals surface area contributed by atoms with Gasteiger partial charge < -0.3 is 16.0 Å². The molecular weight excluding hydrogens is 276 g/mol. The highest BCUT2D eigenvalue weighted by Gasteiger charge is 2.06. The minimum Gasteiger partial charge on any atom is -0.384 e. The van der Waals surface area contributed by atoms with Gasteiger partial charge in [-0.3, -0.25) is 0 Å². The van der Waals surface area contributed by atoms with Gasteiger partial charge in [0.15, 0.2) is 0 Å². The van der Waals surface area contributed by atoms with Crippen LogP contribution < -0.4 is 11.1 Å². The van der Waals surface area contributed by atoms with Crippen molar-refractivity contribution < 1.29 is 0 Å². The molecule has 1 aromatic carbocycles. The first-order valence-corrected chi connectivity index (χ1v) is 7.40. The van der Waals surface area contributed by atoms with Crippen LogP contribution in [0.25, 0.3) is 11.0 Å². The number of nitrogens with two attached hydrogens (primary N) is 1. The van der Waals surface area contributed by atoms with Gasteiger partial charge in [0.1, 0.15) is 11.6 Å². The summed E-state index contributed by atoms with van der Waals surface area (Å²) >= 11 is 0. The van der Waals surface area contributed by atoms with Crippen molar-refractivity contribution in [1.82, 2.24) is 19.9 Å². The number of imidazole rings is 1. The van der Waals surface area contributed by atoms with Gasteiger partial charge in [-0.25, -0.2) is 9.97 Å². The molecule has 0 radical (unpaired) electrons. The van der Waals surface area contributed by atoms with Gasteiger partial charge in [0.25, 0.3) is 0 Å². The molecule has 0 amide bonds. The van der Waals surface area contributed by atoms with Gasteiger partial charge in [-0.2, -0.15) is 4.98 Å². The molecule has 0 saturated carbocycles. The number of aromatic amines is 1. The highest BCUT2D eigenvalue weighted by Crippen LogP contribution is 2.19. The van der Waals surface area contributed by atoms with Gasteiger partial charge in [0.05, 0.1) is 11.0 Å². The lowest BCUT2D eigenvalue weighted by molar-refractivity contribution is 0.813. The van der Waals surface area contributed by atoms with E-state index < -0.39 is 0 Å². The van der Waals surface area contributed by atoms with Crippen molar-refractivity contribution in [2.75, 3.05) is 17.6 Å². The first-order chi connectivity index (χ1) is 10.6. The lowest BCUT2D eigenvalue weighted by Crippen LogP contribution is -2.07. The fourth-order valence-electron chi connectivity index (χ4n) is 2.40. The lowest BCUT2D eigenvalue weighted by Gasteiger charge is -2.03. The van der Waals surface area contributed by atoms with E-state index in [4.69, 9.17) is 10.7 Å². The number of benzene rings is 1. The SMILES string of the molecule is Cc1ccc2[nH]c(CCCNc3nccc(N)n3)nc2c1C. The van der Waals surface area contributed by atoms with Gasteiger partial charge in [-0.05, 0) is 43.5 Å². The molecule has 3 aromatic rings. The fourth-order valence-corrected chi connectivity index (χ4v) is 2.40. The molecule has 0 atom stereocenters. The molecule has 0 bridgehead atoms. The summed E-state index contributed by atoms with van der Waals surface area (Å²) in [5.74, 6) is 2.05. The van der Waals surface area contributed by atoms with E-state index in [1.54, 1.807) is 12.3 Å². The largest absolute Gasteiger partial charge is 0.384 e. The molecule has 6 heteroatoms. The normalized spacial score (nSPS) is 11.0. The average Bonchev–Trinajstić information content (AvgIpc) is 2.92. The van der Waals surface area contributed by atoms with Crippen molar-refractivity contribution in [2.24, 2.45) is 0 Å². The van der Waals surface area contributed by atoms with E-state index in [1.165, 1.54) is 11.1 Å². The third-order valence-electron chi connectivity index (χ3n) is 3.78. The summed E-state index contributed by atoms with van der Waals surface area (Å²) in [6, 6.07) is 5.88. The number of anilines is 2. The minimum absolute atomic E-state index is 0.473. The number of rotatable bonds is 5. The molecule has 0 aliphatic carbocycles. The third-order valence-corrected chi connectivity index (χ3v) is 3.78. The zero-order chi connectivity index (χ0) is 15.5. The zero-order valence-electron chi connectivity index (χ0n) is 12.8. The topological polar surface area (TPSA) is 92.5 Å². The number of hydrogen-bond donors (Lipinski definition) is 3. The lowest BCUT2D eigenvalue weighted by atomic mass is 10.1. The Balaban J connectivity index is 1.59. The Kier molecular flexibility index (Phi) is 3.91. The summed E-state index contributed by atoms with van der Waals surface area (Å²) in [4.78, 5) is 16.3. The molecule has 114 valence electrons. The van der Waals surface area contributed by atoms with Gasteiger partial charge in [-0.15, -0.1) is 0 Å². The predicted molar refractivity (Wildman–Crippen MR) is 88.8 cm³/mol. The van der Waals surface area contributed by atoms with Crippen LogP contribution in [0, 0.1) is 13.8 Å². The van der Waals surface area contributed by atoms with E-state index in [2.05, 4.69) is 46.2 Å². The van der Waals surface area contributed by atoms with Crippen LogP contribution in [0.4, 0.5) is 11.8 Å². The molecule has 3 rings (SSSR count). The molecule has 0 saturated heterocycles. The first kappa shape index (κ1) is 14.3. The molecule has 0 aliphatic rings. The molecule has 6 nitrogen and oxygen atoms in total. The number of H-pyrrole nitrogens is 1. The van der Waals surface area contributed by atoms with Crippen LogP contribution in [0.3, 0.4) is 0 Å². The summed E-state index contributed by atoms with van der Waals surface area (Å²) in [6.07, 6.45) is 3.47. The molecular formula is C16H20N6. The number of hydrogen-bond acceptors (Lipinski definition) is 5. The molecule has 4 N–H and O–H groups in total. The maximum absolute atomic E-state index is 5.62. The minimum atomic E-state index is 0.473. The van der Waals surface area contributed by atoms with E-state index in [9.17, 15) is 0 Å². The van der Waals surface area contributed by atoms with Crippen LogP contribution in [0.15, 0.2) is 24.4 Å². The summed E-state index contributed by atoms with van der Waals surface area (Å²) in [5, 5.41) is 3.17. The number of aryl methyl sites for hydroxylation is 3. The summed E-state index contributed by atoms with van der Waals surface area (Å²) in [5.41, 5.74) is 10.3. The molecule has 2 heterocycles. The summed E-state index contributed by atoms with van der Waals surface area (Å²) in [6.45, 7) is 5.00. The van der Waals surface area contributed by atoms with Gasteiger partial charge >= 0.3 is 0 Å². The van der Waals surface area contributed by atoms with Crippen molar-refractivity contribution in [3.8, 4) is 0 Å². The number of nitrogens with zero attached hydrogens (tertiary/aromatic N) is 3. The summed E-state index contributed by atoms with van der Waals surface area (Å²) < 4.78 is 0. The Bertz CT molecular complexity index is 792. The fraction of sp³-hybridized carbons (Fsp3) is 0.312. The maximum atomic E-state index is 5.62. The van der Waals surface area contributed by atoms with Crippen molar-refractivity contribution in [1.29, 1.82) is 0 Å². The van der Waals surface area contributed by atoms with E-state index in [0.717, 1.165) is 36.2 Å². The smallest absolute Gasteiger partial charge is 0.224 e. The number of fused-ring (bicyclic) bond motifs is 1. The van der Waals surface area contributed by atoms with E-state index in [1.807, 2.05) is 0 Å². The zero-order valence-corrected chi connectivity index (χ0v) is 12.8. The Hall–Kier alpha value is -2.63. The van der Waals surface area contributed by atoms with Crippen molar-refractivity contribution >= 4 is 22.8 Å². The highest BCUT2D eigenvalue weighted by molar-refractivity contribution is 5.79. The second kappa shape index (κ2) is 6.01. The van der Waals surface area contributed by atoms with Crippen molar-refractivity contribution in [2.45, 2.75) is 26.7 Å². The molecule has 0 fully saturated rings. The van der Waals surface area contributed by atoms with Gasteiger partial charge in [-0.1, -0.05) is 6.07 Å². The van der Waals surface area contributed by atoms with E-state index in [-0.39, 0.29) is 0 Å². The second-order valence-corrected chi connectivity index (χ2v) is 5.42.